The van der Waals surface area contributed by atoms with Crippen molar-refractivity contribution >= 4 is 43.6 Å². The molecule has 234 valence electrons. The highest BCUT2D eigenvalue weighted by molar-refractivity contribution is 6.12. The van der Waals surface area contributed by atoms with Gasteiger partial charge in [0.25, 0.3) is 0 Å². The van der Waals surface area contributed by atoms with Crippen molar-refractivity contribution in [3.05, 3.63) is 193 Å². The molecule has 0 N–H and O–H groups in total. The molecule has 0 fully saturated rings. The summed E-state index contributed by atoms with van der Waals surface area (Å²) in [6.45, 7) is 0. The minimum atomic E-state index is -1.04. The summed E-state index contributed by atoms with van der Waals surface area (Å²) in [7, 11) is 0. The molecule has 0 unspecified atom stereocenters. The van der Waals surface area contributed by atoms with Gasteiger partial charge in [-0.1, -0.05) is 133 Å². The van der Waals surface area contributed by atoms with E-state index in [4.69, 9.17) is 30.2 Å². The van der Waals surface area contributed by atoms with Gasteiger partial charge in [-0.05, 0) is 93.8 Å². The van der Waals surface area contributed by atoms with E-state index in [9.17, 15) is 12.3 Å². The predicted octanol–water partition coefficient (Wildman–Crippen LogP) is 12.9. The van der Waals surface area contributed by atoms with Gasteiger partial charge in [-0.25, -0.2) is 0 Å². The number of rotatable bonds is 5. The zero-order valence-corrected chi connectivity index (χ0v) is 25.0. The lowest BCUT2D eigenvalue weighted by Crippen LogP contribution is -1.94. The van der Waals surface area contributed by atoms with Crippen LogP contribution in [0.5, 0.6) is 0 Å². The van der Waals surface area contributed by atoms with Crippen molar-refractivity contribution in [2.24, 2.45) is 0 Å². The number of para-hydroxylation sites is 2. The first kappa shape index (κ1) is 11.2. The van der Waals surface area contributed by atoms with Gasteiger partial charge in [0.15, 0.2) is 0 Å². The average Bonchev–Trinajstić information content (AvgIpc) is 4.22. The number of fused-ring (bicyclic) bond motifs is 6. The van der Waals surface area contributed by atoms with Crippen LogP contribution in [0.3, 0.4) is 0 Å². The summed E-state index contributed by atoms with van der Waals surface area (Å²) in [5.74, 6) is 0. The van der Waals surface area contributed by atoms with Gasteiger partial charge in [-0.2, -0.15) is 0 Å². The molecule has 0 saturated heterocycles. The molecule has 0 bridgehead atoms. The quantitative estimate of drug-likeness (QED) is 0.173. The van der Waals surface area contributed by atoms with E-state index in [1.54, 1.807) is 0 Å². The number of benzene rings is 8. The molecule has 2 heterocycles. The SMILES string of the molecule is [2H]c1cc2c(c([2H])c1-c1c([2H])c([2H])c3c(c1[2H])c1c([2H])c([2H])c([2H])c([2H])c1n3-c1c([2H])c([2H])c(-c3c([2H])c([2H])c([2H])c([2H])c3[2H])c([2H])c1[2H])c1c([2H])c([2H])c([2H])c([2H])c1n2-c1c([2H])c([2H])c(-c2c([2H])c([2H])c([2H])c([2H])c2[2H])c([2H])c1[2H]. The van der Waals surface area contributed by atoms with Gasteiger partial charge in [0.2, 0.25) is 0 Å². The molecule has 2 heteroatoms. The predicted molar refractivity (Wildman–Crippen MR) is 211 cm³/mol. The van der Waals surface area contributed by atoms with E-state index in [1.807, 2.05) is 0 Å². The van der Waals surface area contributed by atoms with E-state index in [-0.39, 0.29) is 0 Å². The lowest BCUT2D eigenvalue weighted by Gasteiger charge is -2.11. The summed E-state index contributed by atoms with van der Waals surface area (Å²) in [6.07, 6.45) is 0. The molecule has 10 aromatic rings. The largest absolute Gasteiger partial charge is 0.309 e. The molecule has 8 aromatic carbocycles. The summed E-state index contributed by atoms with van der Waals surface area (Å²) < 4.78 is 277. The maximum Gasteiger partial charge on any atom is 0.0645 e. The van der Waals surface area contributed by atoms with E-state index in [2.05, 4.69) is 0 Å². The second kappa shape index (κ2) is 11.5. The zero-order chi connectivity index (χ0) is 60.0. The molecule has 0 aliphatic carbocycles. The normalized spacial score (nSPS) is 20.3. The molecule has 2 aromatic heterocycles. The smallest absolute Gasteiger partial charge is 0.0645 e. The summed E-state index contributed by atoms with van der Waals surface area (Å²) in [6, 6.07) is -27.5. The van der Waals surface area contributed by atoms with Crippen molar-refractivity contribution in [1.82, 2.24) is 9.13 Å². The van der Waals surface area contributed by atoms with E-state index in [0.717, 1.165) is 10.6 Å². The molecule has 0 aliphatic heterocycles. The standard InChI is InChI=1S/C48H32N2/c1-3-11-33(12-4-1)35-19-25-39(26-20-35)49-45-17-9-7-15-41(45)43-31-37(23-29-47(43)49)38-24-30-48-44(32-38)42-16-8-10-18-46(42)50(48)40-27-21-36(22-28-40)34-13-5-2-6-14-34/h1-32H/i1D,2D,3D,4D,5D,6D,7D,8D,9D,10D,11D,12D,13D,14D,15D,16D,17D,18D,19D,20D,21D,22D,23D,24D,25D,26D,27D,28D,29D,31D,32D. The molecule has 0 amide bonds. The Balaban J connectivity index is 1.34. The monoisotopic (exact) mass is 667 g/mol. The topological polar surface area (TPSA) is 9.86 Å². The van der Waals surface area contributed by atoms with Crippen LogP contribution in [0.2, 0.25) is 0 Å². The van der Waals surface area contributed by atoms with Crippen LogP contribution in [0.4, 0.5) is 0 Å². The van der Waals surface area contributed by atoms with Gasteiger partial charge in [0, 0.05) is 32.9 Å². The molecule has 2 nitrogen and oxygen atoms in total. The second-order valence-electron chi connectivity index (χ2n) is 10.6. The van der Waals surface area contributed by atoms with Crippen LogP contribution in [0.15, 0.2) is 193 Å². The molecule has 50 heavy (non-hydrogen) atoms. The zero-order valence-electron chi connectivity index (χ0n) is 56.0. The van der Waals surface area contributed by atoms with Crippen molar-refractivity contribution in [3.63, 3.8) is 0 Å². The van der Waals surface area contributed by atoms with Crippen molar-refractivity contribution < 1.29 is 42.5 Å². The van der Waals surface area contributed by atoms with Crippen molar-refractivity contribution in [3.8, 4) is 44.8 Å². The number of nitrogens with zero attached hydrogens (tertiary/aromatic N) is 2. The molecule has 0 spiro atoms. The minimum absolute atomic E-state index is 0.446. The fourth-order valence-electron chi connectivity index (χ4n) is 5.65. The van der Waals surface area contributed by atoms with E-state index in [1.165, 1.54) is 0 Å². The Bertz CT molecular complexity index is 4530. The Labute approximate surface area is 334 Å². The summed E-state index contributed by atoms with van der Waals surface area (Å²) in [4.78, 5) is 0. The molecule has 0 radical (unpaired) electrons. The fourth-order valence-corrected chi connectivity index (χ4v) is 5.65. The molecule has 0 aliphatic rings. The van der Waals surface area contributed by atoms with E-state index >= 15 is 0 Å². The van der Waals surface area contributed by atoms with Gasteiger partial charge in [0.1, 0.15) is 0 Å². The summed E-state index contributed by atoms with van der Waals surface area (Å²) in [5, 5.41) is -2.25. The highest BCUT2D eigenvalue weighted by Crippen LogP contribution is 2.38. The lowest BCUT2D eigenvalue weighted by molar-refractivity contribution is 1.18. The summed E-state index contributed by atoms with van der Waals surface area (Å²) in [5.41, 5.74) is -8.36. The van der Waals surface area contributed by atoms with Crippen LogP contribution in [0, 0.1) is 0 Å². The first-order valence-corrected chi connectivity index (χ1v) is 14.7. The van der Waals surface area contributed by atoms with Gasteiger partial charge in [-0.3, -0.25) is 0 Å². The first-order chi connectivity index (χ1) is 37.7. The number of hydrogen-bond acceptors (Lipinski definition) is 0. The molecular weight excluding hydrogens is 605 g/mol. The molecule has 0 atom stereocenters. The average molecular weight is 668 g/mol. The Morgan fingerprint density at radius 2 is 0.660 bits per heavy atom. The van der Waals surface area contributed by atoms with Crippen LogP contribution in [0.25, 0.3) is 88.4 Å². The Morgan fingerprint density at radius 3 is 1.20 bits per heavy atom. The van der Waals surface area contributed by atoms with Gasteiger partial charge >= 0.3 is 0 Å². The van der Waals surface area contributed by atoms with Crippen molar-refractivity contribution in [2.45, 2.75) is 0 Å². The number of hydrogen-bond donors (Lipinski definition) is 0. The number of aromatic nitrogens is 2. The molecule has 0 saturated carbocycles. The highest BCUT2D eigenvalue weighted by atomic mass is 15.0. The fraction of sp³-hybridized carbons (Fsp3) is 0. The first-order valence-electron chi connectivity index (χ1n) is 30.2. The molecular formula is C48H32N2. The van der Waals surface area contributed by atoms with E-state index < -0.39 is 276 Å². The van der Waals surface area contributed by atoms with Gasteiger partial charge < -0.3 is 9.13 Å². The van der Waals surface area contributed by atoms with Crippen LogP contribution in [-0.4, -0.2) is 9.13 Å². The van der Waals surface area contributed by atoms with Crippen LogP contribution in [-0.2, 0) is 0 Å². The summed E-state index contributed by atoms with van der Waals surface area (Å²) >= 11 is 0. The van der Waals surface area contributed by atoms with Crippen LogP contribution < -0.4 is 0 Å². The van der Waals surface area contributed by atoms with E-state index in [0.29, 0.717) is 4.57 Å². The maximum atomic E-state index is 9.84. The van der Waals surface area contributed by atoms with Crippen molar-refractivity contribution in [2.75, 3.05) is 0 Å². The van der Waals surface area contributed by atoms with Crippen LogP contribution in [0.1, 0.15) is 42.5 Å². The van der Waals surface area contributed by atoms with Crippen LogP contribution >= 0.6 is 0 Å². The Morgan fingerprint density at radius 1 is 0.280 bits per heavy atom. The highest BCUT2D eigenvalue weighted by Gasteiger charge is 2.16. The lowest BCUT2D eigenvalue weighted by atomic mass is 10.0. The van der Waals surface area contributed by atoms with Gasteiger partial charge in [-0.15, -0.1) is 0 Å². The van der Waals surface area contributed by atoms with Gasteiger partial charge in [0.05, 0.1) is 64.6 Å². The maximum absolute atomic E-state index is 9.84. The Hall–Kier alpha value is -6.64. The Kier molecular flexibility index (Phi) is 2.58. The second-order valence-corrected chi connectivity index (χ2v) is 10.6. The third-order valence-corrected chi connectivity index (χ3v) is 7.82. The third-order valence-electron chi connectivity index (χ3n) is 7.82. The minimum Gasteiger partial charge on any atom is -0.309 e. The molecule has 10 rings (SSSR count). The van der Waals surface area contributed by atoms with Crippen molar-refractivity contribution in [1.29, 1.82) is 0 Å². The third kappa shape index (κ3) is 4.57.